The number of piperazine rings is 1. The number of likely N-dealkylation sites (N-methyl/N-ethyl adjacent to an activating group) is 1. The van der Waals surface area contributed by atoms with Crippen LogP contribution >= 0.6 is 11.8 Å². The van der Waals surface area contributed by atoms with Crippen LogP contribution in [0.25, 0.3) is 0 Å². The third-order valence-electron chi connectivity index (χ3n) is 4.83. The van der Waals surface area contributed by atoms with Crippen molar-refractivity contribution in [1.82, 2.24) is 4.90 Å². The first-order chi connectivity index (χ1) is 14.6. The summed E-state index contributed by atoms with van der Waals surface area (Å²) in [7, 11) is -0.937. The van der Waals surface area contributed by atoms with Gasteiger partial charge in [-0.2, -0.15) is 21.0 Å². The molecule has 3 rings (SSSR count). The number of methoxy groups -OCH3 is 1. The number of nitrogens with zero attached hydrogens (tertiary/aromatic N) is 3. The Labute approximate surface area is 183 Å². The van der Waals surface area contributed by atoms with Crippen LogP contribution in [0.1, 0.15) is 0 Å². The molecule has 0 N–H and O–H groups in total. The summed E-state index contributed by atoms with van der Waals surface area (Å²) in [6, 6.07) is 6.67. The van der Waals surface area contributed by atoms with Crippen LogP contribution in [0.4, 0.5) is 24.5 Å². The highest BCUT2D eigenvalue weighted by Gasteiger charge is 2.29. The van der Waals surface area contributed by atoms with E-state index in [0.717, 1.165) is 25.2 Å². The molecule has 1 heterocycles. The molecule has 0 bridgehead atoms. The lowest BCUT2D eigenvalue weighted by Gasteiger charge is -2.35. The maximum atomic E-state index is 13.5. The number of sulfonamides is 1. The van der Waals surface area contributed by atoms with Crippen molar-refractivity contribution in [3.05, 3.63) is 42.2 Å². The van der Waals surface area contributed by atoms with Crippen LogP contribution < -0.4 is 18.2 Å². The number of hydrogen-bond acceptors (Lipinski definition) is 6. The Morgan fingerprint density at radius 3 is 2.35 bits per heavy atom. The predicted octanol–water partition coefficient (Wildman–Crippen LogP) is 3.54. The van der Waals surface area contributed by atoms with E-state index >= 15 is 0 Å². The highest BCUT2D eigenvalue weighted by Crippen LogP contribution is 2.38. The van der Waals surface area contributed by atoms with Gasteiger partial charge in [0.25, 0.3) is 10.0 Å². The topological polar surface area (TPSA) is 62.3 Å². The second-order valence-electron chi connectivity index (χ2n) is 6.83. The first-order valence-corrected chi connectivity index (χ1v) is 11.0. The van der Waals surface area contributed by atoms with E-state index in [2.05, 4.69) is 9.64 Å². The fourth-order valence-electron chi connectivity index (χ4n) is 3.17. The van der Waals surface area contributed by atoms with Gasteiger partial charge in [0.05, 0.1) is 17.7 Å². The molecular weight excluding hydrogens is 459 g/mol. The Balaban J connectivity index is 1.99. The predicted molar refractivity (Wildman–Crippen MR) is 111 cm³/mol. The Kier molecular flexibility index (Phi) is 7.07. The summed E-state index contributed by atoms with van der Waals surface area (Å²) < 4.78 is 75.1. The molecule has 0 radical (unpaired) electrons. The highest BCUT2D eigenvalue weighted by atomic mass is 35.5. The van der Waals surface area contributed by atoms with Gasteiger partial charge in [-0.25, -0.2) is 4.39 Å². The number of benzene rings is 2. The third kappa shape index (κ3) is 5.10. The first-order valence-electron chi connectivity index (χ1n) is 9.20. The van der Waals surface area contributed by atoms with Gasteiger partial charge in [0.15, 0.2) is 5.75 Å². The summed E-state index contributed by atoms with van der Waals surface area (Å²) in [5.74, 6) is -1.11. The van der Waals surface area contributed by atoms with Gasteiger partial charge in [-0.05, 0) is 37.4 Å². The van der Waals surface area contributed by atoms with Gasteiger partial charge in [0, 0.05) is 44.0 Å². The van der Waals surface area contributed by atoms with Crippen molar-refractivity contribution >= 4 is 33.2 Å². The minimum absolute atomic E-state index is 0.190. The molecule has 0 unspecified atom stereocenters. The highest BCUT2D eigenvalue weighted by molar-refractivity contribution is 7.94. The maximum absolute atomic E-state index is 13.5. The summed E-state index contributed by atoms with van der Waals surface area (Å²) in [5, 5.41) is 0. The largest absolute Gasteiger partial charge is 0.495 e. The van der Waals surface area contributed by atoms with E-state index in [1.54, 1.807) is 0 Å². The van der Waals surface area contributed by atoms with E-state index in [9.17, 15) is 21.6 Å². The van der Waals surface area contributed by atoms with Gasteiger partial charge in [-0.15, -0.1) is 0 Å². The monoisotopic (exact) mass is 479 g/mol. The van der Waals surface area contributed by atoms with Crippen LogP contribution in [0.15, 0.2) is 41.3 Å². The molecule has 1 aliphatic rings. The van der Waals surface area contributed by atoms with Crippen LogP contribution in [0.2, 0.25) is 0 Å². The molecule has 1 saturated heterocycles. The lowest BCUT2D eigenvalue weighted by molar-refractivity contribution is -0.0495. The molecule has 170 valence electrons. The van der Waals surface area contributed by atoms with E-state index in [4.69, 9.17) is 16.5 Å². The fourth-order valence-corrected chi connectivity index (χ4v) is 4.64. The Morgan fingerprint density at radius 2 is 1.74 bits per heavy atom. The second-order valence-corrected chi connectivity index (χ2v) is 9.16. The molecule has 0 saturated carbocycles. The van der Waals surface area contributed by atoms with Crippen molar-refractivity contribution in [3.8, 4) is 11.5 Å². The molecule has 1 fully saturated rings. The lowest BCUT2D eigenvalue weighted by Crippen LogP contribution is -2.44. The molecule has 2 aromatic carbocycles. The van der Waals surface area contributed by atoms with Crippen molar-refractivity contribution < 1.29 is 31.1 Å². The molecule has 0 atom stereocenters. The Bertz CT molecular complexity index is 1030. The average Bonchev–Trinajstić information content (AvgIpc) is 2.73. The van der Waals surface area contributed by atoms with Gasteiger partial charge >= 0.3 is 6.61 Å². The smallest absolute Gasteiger partial charge is 0.387 e. The number of alkyl halides is 2. The molecule has 2 aromatic rings. The molecule has 0 spiro atoms. The number of halogens is 4. The van der Waals surface area contributed by atoms with Gasteiger partial charge in [-0.3, -0.25) is 0 Å². The number of rotatable bonds is 7. The molecule has 31 heavy (non-hydrogen) atoms. The van der Waals surface area contributed by atoms with Crippen molar-refractivity contribution in [2.45, 2.75) is 11.5 Å². The van der Waals surface area contributed by atoms with E-state index in [1.165, 1.54) is 25.3 Å². The summed E-state index contributed by atoms with van der Waals surface area (Å²) in [6.45, 7) is -0.411. The minimum Gasteiger partial charge on any atom is -0.495 e. The number of ether oxygens (including phenoxy) is 2. The van der Waals surface area contributed by atoms with Gasteiger partial charge in [0.2, 0.25) is 0 Å². The molecule has 1 aliphatic heterocycles. The Morgan fingerprint density at radius 1 is 1.06 bits per heavy atom. The maximum Gasteiger partial charge on any atom is 0.387 e. The summed E-state index contributed by atoms with van der Waals surface area (Å²) in [4.78, 5) is 3.94. The molecule has 0 amide bonds. The second kappa shape index (κ2) is 9.41. The quantitative estimate of drug-likeness (QED) is 0.566. The van der Waals surface area contributed by atoms with Crippen LogP contribution in [0.3, 0.4) is 0 Å². The summed E-state index contributed by atoms with van der Waals surface area (Å²) in [6.07, 6.45) is 0. The zero-order chi connectivity index (χ0) is 22.8. The van der Waals surface area contributed by atoms with E-state index in [-0.39, 0.29) is 8.72 Å². The van der Waals surface area contributed by atoms with Crippen molar-refractivity contribution in [3.63, 3.8) is 0 Å². The third-order valence-corrected chi connectivity index (χ3v) is 7.03. The summed E-state index contributed by atoms with van der Waals surface area (Å²) >= 11 is 6.05. The van der Waals surface area contributed by atoms with E-state index in [0.29, 0.717) is 30.6 Å². The van der Waals surface area contributed by atoms with Crippen LogP contribution in [-0.2, 0) is 10.0 Å². The fraction of sp³-hybridized carbons (Fsp3) is 0.368. The van der Waals surface area contributed by atoms with E-state index < -0.39 is 33.9 Å². The van der Waals surface area contributed by atoms with Crippen molar-refractivity contribution in [2.75, 3.05) is 49.1 Å². The summed E-state index contributed by atoms with van der Waals surface area (Å²) in [5.41, 5.74) is 0.116. The van der Waals surface area contributed by atoms with Crippen LogP contribution in [-0.4, -0.2) is 60.3 Å². The average molecular weight is 480 g/mol. The van der Waals surface area contributed by atoms with Gasteiger partial charge < -0.3 is 19.3 Å². The molecule has 0 aliphatic carbocycles. The number of anilines is 2. The van der Waals surface area contributed by atoms with Crippen LogP contribution in [0, 0.1) is 5.82 Å². The lowest BCUT2D eigenvalue weighted by atomic mass is 10.2. The van der Waals surface area contributed by atoms with Crippen molar-refractivity contribution in [1.29, 1.82) is 0 Å². The standard InChI is InChI=1S/C19H21ClF3N3O4S/c1-24-7-9-25(10-8-24)16-12-14(4-6-17(16)29-2)31(27,28)26(20)15-5-3-13(21)11-18(15)30-19(22)23/h3-6,11-12,19H,7-10H2,1-2H3. The van der Waals surface area contributed by atoms with Gasteiger partial charge in [0.1, 0.15) is 17.3 Å². The van der Waals surface area contributed by atoms with Gasteiger partial charge in [-0.1, -0.05) is 0 Å². The zero-order valence-corrected chi connectivity index (χ0v) is 18.3. The molecule has 12 heteroatoms. The molecule has 7 nitrogen and oxygen atoms in total. The normalized spacial score (nSPS) is 15.3. The minimum atomic E-state index is -4.40. The SMILES string of the molecule is COc1ccc(S(=O)(=O)N(Cl)c2ccc(F)cc2OC(F)F)cc1N1CCN(C)CC1. The zero-order valence-electron chi connectivity index (χ0n) is 16.8. The van der Waals surface area contributed by atoms with E-state index in [1.807, 2.05) is 11.9 Å². The number of hydrogen-bond donors (Lipinski definition) is 0. The van der Waals surface area contributed by atoms with Crippen LogP contribution in [0.5, 0.6) is 11.5 Å². The van der Waals surface area contributed by atoms with Crippen molar-refractivity contribution in [2.24, 2.45) is 0 Å². The first kappa shape index (κ1) is 23.3. The Hall–Kier alpha value is -2.37. The molecule has 0 aromatic heterocycles. The molecular formula is C19H21ClF3N3O4S.